The van der Waals surface area contributed by atoms with E-state index in [0.29, 0.717) is 5.88 Å². The molecule has 0 unspecified atom stereocenters. The summed E-state index contributed by atoms with van der Waals surface area (Å²) in [6, 6.07) is 3.62. The van der Waals surface area contributed by atoms with Crippen LogP contribution in [-0.4, -0.2) is 39.9 Å². The Kier molecular flexibility index (Phi) is 3.65. The molecule has 1 N–H and O–H groups in total. The molecule has 0 spiro atoms. The molecular formula is C15H21N3O3. The molecule has 1 aliphatic heterocycles. The largest absolute Gasteiger partial charge is 0.481 e. The molecule has 21 heavy (non-hydrogen) atoms. The van der Waals surface area contributed by atoms with E-state index in [1.54, 1.807) is 44.9 Å². The van der Waals surface area contributed by atoms with Crippen LogP contribution in [-0.2, 0) is 16.1 Å². The smallest absolute Gasteiger partial charge is 0.248 e. The van der Waals surface area contributed by atoms with Gasteiger partial charge >= 0.3 is 0 Å². The molecule has 0 atom stereocenters. The van der Waals surface area contributed by atoms with Crippen molar-refractivity contribution in [1.29, 1.82) is 0 Å². The van der Waals surface area contributed by atoms with E-state index in [1.165, 1.54) is 7.11 Å². The van der Waals surface area contributed by atoms with E-state index < -0.39 is 11.1 Å². The zero-order valence-corrected chi connectivity index (χ0v) is 13.1. The Morgan fingerprint density at radius 1 is 1.29 bits per heavy atom. The number of methoxy groups -OCH3 is 1. The van der Waals surface area contributed by atoms with Crippen molar-refractivity contribution in [3.8, 4) is 5.88 Å². The number of hydrogen-bond donors (Lipinski definition) is 1. The lowest BCUT2D eigenvalue weighted by molar-refractivity contribution is -0.160. The Bertz CT molecular complexity index is 581. The molecule has 1 aromatic heterocycles. The number of carbonyl (C=O) groups is 2. The van der Waals surface area contributed by atoms with Crippen molar-refractivity contribution in [2.24, 2.45) is 0 Å². The highest BCUT2D eigenvalue weighted by atomic mass is 16.5. The molecule has 6 heteroatoms. The molecule has 0 saturated carbocycles. The Hall–Kier alpha value is -2.11. The van der Waals surface area contributed by atoms with E-state index in [9.17, 15) is 9.59 Å². The molecular weight excluding hydrogens is 270 g/mol. The van der Waals surface area contributed by atoms with Crippen LogP contribution in [0, 0.1) is 0 Å². The number of nitrogens with zero attached hydrogens (tertiary/aromatic N) is 2. The van der Waals surface area contributed by atoms with Gasteiger partial charge in [-0.05, 0) is 33.8 Å². The second-order valence-corrected chi connectivity index (χ2v) is 6.20. The monoisotopic (exact) mass is 291 g/mol. The highest BCUT2D eigenvalue weighted by molar-refractivity contribution is 6.01. The number of pyridine rings is 1. The van der Waals surface area contributed by atoms with Gasteiger partial charge in [-0.1, -0.05) is 6.07 Å². The van der Waals surface area contributed by atoms with E-state index in [2.05, 4.69) is 10.3 Å². The van der Waals surface area contributed by atoms with E-state index in [1.807, 2.05) is 6.07 Å². The first-order chi connectivity index (χ1) is 9.70. The first-order valence-electron chi connectivity index (χ1n) is 6.82. The maximum atomic E-state index is 12.7. The van der Waals surface area contributed by atoms with Gasteiger partial charge in [0, 0.05) is 11.8 Å². The molecule has 2 rings (SSSR count). The molecule has 1 saturated heterocycles. The van der Waals surface area contributed by atoms with Crippen molar-refractivity contribution in [3.05, 3.63) is 23.9 Å². The molecule has 0 bridgehead atoms. The SMILES string of the molecule is COc1ncccc1CN1C(=O)C(C)(C)NC(=O)C1(C)C. The van der Waals surface area contributed by atoms with Crippen molar-refractivity contribution in [2.75, 3.05) is 7.11 Å². The first-order valence-corrected chi connectivity index (χ1v) is 6.82. The topological polar surface area (TPSA) is 71.5 Å². The Morgan fingerprint density at radius 3 is 2.57 bits per heavy atom. The Balaban J connectivity index is 2.39. The second-order valence-electron chi connectivity index (χ2n) is 6.20. The van der Waals surface area contributed by atoms with Gasteiger partial charge < -0.3 is 15.0 Å². The molecule has 0 aromatic carbocycles. The lowest BCUT2D eigenvalue weighted by Crippen LogP contribution is -2.71. The summed E-state index contributed by atoms with van der Waals surface area (Å²) in [6.45, 7) is 7.15. The zero-order valence-electron chi connectivity index (χ0n) is 13.1. The number of piperazine rings is 1. The summed E-state index contributed by atoms with van der Waals surface area (Å²) in [4.78, 5) is 30.6. The van der Waals surface area contributed by atoms with Crippen molar-refractivity contribution >= 4 is 11.8 Å². The van der Waals surface area contributed by atoms with Crippen LogP contribution in [0.5, 0.6) is 5.88 Å². The van der Waals surface area contributed by atoms with Crippen LogP contribution in [0.3, 0.4) is 0 Å². The predicted octanol–water partition coefficient (Wildman–Crippen LogP) is 1.11. The number of carbonyl (C=O) groups excluding carboxylic acids is 2. The summed E-state index contributed by atoms with van der Waals surface area (Å²) in [5, 5.41) is 2.76. The van der Waals surface area contributed by atoms with Crippen molar-refractivity contribution < 1.29 is 14.3 Å². The molecule has 6 nitrogen and oxygen atoms in total. The van der Waals surface area contributed by atoms with Crippen molar-refractivity contribution in [2.45, 2.75) is 45.3 Å². The molecule has 2 heterocycles. The van der Waals surface area contributed by atoms with Gasteiger partial charge in [0.2, 0.25) is 17.7 Å². The lowest BCUT2D eigenvalue weighted by Gasteiger charge is -2.47. The van der Waals surface area contributed by atoms with Gasteiger partial charge in [-0.15, -0.1) is 0 Å². The second kappa shape index (κ2) is 5.02. The van der Waals surface area contributed by atoms with Crippen LogP contribution < -0.4 is 10.1 Å². The van der Waals surface area contributed by atoms with Gasteiger partial charge in [0.15, 0.2) is 0 Å². The fourth-order valence-corrected chi connectivity index (χ4v) is 2.37. The normalized spacial score (nSPS) is 20.1. The van der Waals surface area contributed by atoms with Gasteiger partial charge in [0.05, 0.1) is 13.7 Å². The third-order valence-electron chi connectivity index (χ3n) is 3.81. The summed E-state index contributed by atoms with van der Waals surface area (Å²) >= 11 is 0. The summed E-state index contributed by atoms with van der Waals surface area (Å²) in [5.41, 5.74) is -1.07. The van der Waals surface area contributed by atoms with E-state index in [-0.39, 0.29) is 18.4 Å². The van der Waals surface area contributed by atoms with Gasteiger partial charge in [-0.2, -0.15) is 0 Å². The van der Waals surface area contributed by atoms with Crippen LogP contribution >= 0.6 is 0 Å². The quantitative estimate of drug-likeness (QED) is 0.905. The van der Waals surface area contributed by atoms with Crippen LogP contribution in [0.4, 0.5) is 0 Å². The fourth-order valence-electron chi connectivity index (χ4n) is 2.37. The third-order valence-corrected chi connectivity index (χ3v) is 3.81. The molecule has 0 radical (unpaired) electrons. The minimum atomic E-state index is -0.923. The fraction of sp³-hybridized carbons (Fsp3) is 0.533. The Labute approximate surface area is 124 Å². The van der Waals surface area contributed by atoms with Crippen molar-refractivity contribution in [3.63, 3.8) is 0 Å². The number of aromatic nitrogens is 1. The number of nitrogens with one attached hydrogen (secondary N) is 1. The van der Waals surface area contributed by atoms with Crippen molar-refractivity contribution in [1.82, 2.24) is 15.2 Å². The zero-order chi connectivity index (χ0) is 15.8. The average molecular weight is 291 g/mol. The van der Waals surface area contributed by atoms with Crippen LogP contribution in [0.2, 0.25) is 0 Å². The minimum absolute atomic E-state index is 0.127. The highest BCUT2D eigenvalue weighted by Crippen LogP contribution is 2.29. The Morgan fingerprint density at radius 2 is 1.95 bits per heavy atom. The maximum absolute atomic E-state index is 12.7. The molecule has 114 valence electrons. The van der Waals surface area contributed by atoms with Crippen LogP contribution in [0.1, 0.15) is 33.3 Å². The van der Waals surface area contributed by atoms with Gasteiger partial charge in [-0.3, -0.25) is 9.59 Å². The summed E-state index contributed by atoms with van der Waals surface area (Å²) < 4.78 is 5.22. The van der Waals surface area contributed by atoms with Gasteiger partial charge in [0.25, 0.3) is 0 Å². The van der Waals surface area contributed by atoms with Crippen LogP contribution in [0.15, 0.2) is 18.3 Å². The maximum Gasteiger partial charge on any atom is 0.248 e. The van der Waals surface area contributed by atoms with Gasteiger partial charge in [0.1, 0.15) is 11.1 Å². The third kappa shape index (κ3) is 2.57. The molecule has 0 aliphatic carbocycles. The summed E-state index contributed by atoms with van der Waals surface area (Å²) in [6.07, 6.45) is 1.63. The number of amides is 2. The molecule has 1 aromatic rings. The van der Waals surface area contributed by atoms with Gasteiger partial charge in [-0.25, -0.2) is 4.98 Å². The average Bonchev–Trinajstić information content (AvgIpc) is 2.42. The molecule has 1 fully saturated rings. The molecule has 2 amide bonds. The molecule has 1 aliphatic rings. The highest BCUT2D eigenvalue weighted by Gasteiger charge is 2.50. The summed E-state index contributed by atoms with van der Waals surface area (Å²) in [7, 11) is 1.53. The summed E-state index contributed by atoms with van der Waals surface area (Å²) in [5.74, 6) is 0.165. The minimum Gasteiger partial charge on any atom is -0.481 e. The van der Waals surface area contributed by atoms with E-state index >= 15 is 0 Å². The predicted molar refractivity (Wildman–Crippen MR) is 77.6 cm³/mol. The lowest BCUT2D eigenvalue weighted by atomic mass is 9.89. The van der Waals surface area contributed by atoms with Crippen LogP contribution in [0.25, 0.3) is 0 Å². The standard InChI is InChI=1S/C15H21N3O3/c1-14(2)13(20)18(15(3,4)12(19)17-14)9-10-7-6-8-16-11(10)21-5/h6-8H,9H2,1-5H3,(H,17,19). The number of hydrogen-bond acceptors (Lipinski definition) is 4. The van der Waals surface area contributed by atoms with E-state index in [0.717, 1.165) is 5.56 Å². The number of ether oxygens (including phenoxy) is 1. The van der Waals surface area contributed by atoms with E-state index in [4.69, 9.17) is 4.74 Å². The number of rotatable bonds is 3. The first kappa shape index (κ1) is 15.3.